The molecule has 96 valence electrons. The molecule has 1 aliphatic rings. The van der Waals surface area contributed by atoms with Gasteiger partial charge in [-0.2, -0.15) is 0 Å². The molecule has 1 aromatic heterocycles. The first-order valence-electron chi connectivity index (χ1n) is 6.87. The standard InChI is InChI=1S/C14H25N3/c1-10(2)8-15-14-16-12(4)9-17(14)13-7-5-6-11(13)3/h9-11,13H,5-8H2,1-4H3,(H,15,16). The van der Waals surface area contributed by atoms with Gasteiger partial charge in [-0.3, -0.25) is 0 Å². The molecule has 1 aromatic rings. The number of anilines is 1. The van der Waals surface area contributed by atoms with Crippen LogP contribution in [0, 0.1) is 18.8 Å². The molecule has 2 rings (SSSR count). The van der Waals surface area contributed by atoms with Gasteiger partial charge in [-0.25, -0.2) is 4.98 Å². The second kappa shape index (κ2) is 5.11. The summed E-state index contributed by atoms with van der Waals surface area (Å²) < 4.78 is 2.37. The monoisotopic (exact) mass is 235 g/mol. The largest absolute Gasteiger partial charge is 0.355 e. The van der Waals surface area contributed by atoms with Gasteiger partial charge in [0.15, 0.2) is 0 Å². The molecule has 0 aromatic carbocycles. The minimum atomic E-state index is 0.644. The number of aromatic nitrogens is 2. The summed E-state index contributed by atoms with van der Waals surface area (Å²) in [5.41, 5.74) is 1.12. The molecule has 1 fully saturated rings. The van der Waals surface area contributed by atoms with Gasteiger partial charge in [0.2, 0.25) is 5.95 Å². The Kier molecular flexibility index (Phi) is 3.75. The van der Waals surface area contributed by atoms with Gasteiger partial charge in [0.25, 0.3) is 0 Å². The number of nitrogens with zero attached hydrogens (tertiary/aromatic N) is 2. The van der Waals surface area contributed by atoms with Gasteiger partial charge >= 0.3 is 0 Å². The fourth-order valence-electron chi connectivity index (χ4n) is 2.73. The van der Waals surface area contributed by atoms with Gasteiger partial charge < -0.3 is 9.88 Å². The van der Waals surface area contributed by atoms with E-state index < -0.39 is 0 Å². The zero-order chi connectivity index (χ0) is 12.4. The highest BCUT2D eigenvalue weighted by Crippen LogP contribution is 2.37. The lowest BCUT2D eigenvalue weighted by molar-refractivity contribution is 0.410. The Morgan fingerprint density at radius 3 is 2.82 bits per heavy atom. The van der Waals surface area contributed by atoms with Crippen molar-refractivity contribution < 1.29 is 0 Å². The molecule has 17 heavy (non-hydrogen) atoms. The average Bonchev–Trinajstić information content (AvgIpc) is 2.81. The Hall–Kier alpha value is -0.990. The first-order valence-corrected chi connectivity index (χ1v) is 6.87. The molecule has 1 N–H and O–H groups in total. The second-order valence-corrected chi connectivity index (χ2v) is 5.86. The molecule has 0 spiro atoms. The summed E-state index contributed by atoms with van der Waals surface area (Å²) in [5.74, 6) is 2.50. The fourth-order valence-corrected chi connectivity index (χ4v) is 2.73. The molecule has 0 saturated heterocycles. The highest BCUT2D eigenvalue weighted by atomic mass is 15.2. The minimum absolute atomic E-state index is 0.644. The van der Waals surface area contributed by atoms with Crippen molar-refractivity contribution >= 4 is 5.95 Å². The Balaban J connectivity index is 2.15. The van der Waals surface area contributed by atoms with Crippen molar-refractivity contribution in [1.82, 2.24) is 9.55 Å². The van der Waals surface area contributed by atoms with Crippen LogP contribution >= 0.6 is 0 Å². The first kappa shape index (κ1) is 12.5. The van der Waals surface area contributed by atoms with Crippen molar-refractivity contribution in [2.75, 3.05) is 11.9 Å². The van der Waals surface area contributed by atoms with Crippen LogP contribution in [0.2, 0.25) is 0 Å². The summed E-state index contributed by atoms with van der Waals surface area (Å²) in [4.78, 5) is 4.61. The molecule has 2 atom stereocenters. The fraction of sp³-hybridized carbons (Fsp3) is 0.786. The summed E-state index contributed by atoms with van der Waals surface area (Å²) in [7, 11) is 0. The van der Waals surface area contributed by atoms with E-state index in [1.165, 1.54) is 19.3 Å². The number of imidazole rings is 1. The van der Waals surface area contributed by atoms with Gasteiger partial charge in [-0.1, -0.05) is 27.2 Å². The summed E-state index contributed by atoms with van der Waals surface area (Å²) in [6.45, 7) is 9.89. The van der Waals surface area contributed by atoms with Crippen LogP contribution in [0.3, 0.4) is 0 Å². The lowest BCUT2D eigenvalue weighted by Gasteiger charge is -2.20. The average molecular weight is 235 g/mol. The normalized spacial score (nSPS) is 24.5. The quantitative estimate of drug-likeness (QED) is 0.863. The number of rotatable bonds is 4. The van der Waals surface area contributed by atoms with E-state index in [0.717, 1.165) is 24.1 Å². The summed E-state index contributed by atoms with van der Waals surface area (Å²) in [5, 5.41) is 3.48. The van der Waals surface area contributed by atoms with Crippen molar-refractivity contribution in [3.8, 4) is 0 Å². The van der Waals surface area contributed by atoms with Crippen molar-refractivity contribution in [3.63, 3.8) is 0 Å². The molecule has 1 saturated carbocycles. The Labute approximate surface area is 105 Å². The van der Waals surface area contributed by atoms with E-state index in [2.05, 4.69) is 48.8 Å². The molecular weight excluding hydrogens is 210 g/mol. The Morgan fingerprint density at radius 1 is 1.47 bits per heavy atom. The topological polar surface area (TPSA) is 29.9 Å². The second-order valence-electron chi connectivity index (χ2n) is 5.86. The van der Waals surface area contributed by atoms with Crippen LogP contribution in [0.4, 0.5) is 5.95 Å². The SMILES string of the molecule is Cc1cn(C2CCCC2C)c(NCC(C)C)n1. The molecule has 0 aliphatic heterocycles. The zero-order valence-corrected chi connectivity index (χ0v) is 11.5. The maximum Gasteiger partial charge on any atom is 0.203 e. The van der Waals surface area contributed by atoms with Crippen molar-refractivity contribution in [2.45, 2.75) is 53.0 Å². The van der Waals surface area contributed by atoms with Crippen molar-refractivity contribution in [3.05, 3.63) is 11.9 Å². The zero-order valence-electron chi connectivity index (χ0n) is 11.5. The van der Waals surface area contributed by atoms with Gasteiger partial charge in [-0.05, 0) is 31.6 Å². The molecular formula is C14H25N3. The van der Waals surface area contributed by atoms with E-state index in [0.29, 0.717) is 12.0 Å². The van der Waals surface area contributed by atoms with Gasteiger partial charge in [0, 0.05) is 18.8 Å². The summed E-state index contributed by atoms with van der Waals surface area (Å²) in [6, 6.07) is 0.644. The van der Waals surface area contributed by atoms with Gasteiger partial charge in [0.1, 0.15) is 0 Å². The third kappa shape index (κ3) is 2.82. The smallest absolute Gasteiger partial charge is 0.203 e. The van der Waals surface area contributed by atoms with Crippen molar-refractivity contribution in [2.24, 2.45) is 11.8 Å². The Bertz CT molecular complexity index is 368. The maximum absolute atomic E-state index is 4.61. The predicted octanol–water partition coefficient (Wildman–Crippen LogP) is 3.62. The predicted molar refractivity (Wildman–Crippen MR) is 72.3 cm³/mol. The van der Waals surface area contributed by atoms with Crippen LogP contribution < -0.4 is 5.32 Å². The molecule has 0 radical (unpaired) electrons. The molecule has 2 unspecified atom stereocenters. The van der Waals surface area contributed by atoms with E-state index >= 15 is 0 Å². The van der Waals surface area contributed by atoms with Crippen LogP contribution in [0.1, 0.15) is 51.8 Å². The lowest BCUT2D eigenvalue weighted by atomic mass is 10.1. The van der Waals surface area contributed by atoms with Crippen LogP contribution in [0.15, 0.2) is 6.20 Å². The van der Waals surface area contributed by atoms with E-state index in [9.17, 15) is 0 Å². The van der Waals surface area contributed by atoms with Gasteiger partial charge in [-0.15, -0.1) is 0 Å². The molecule has 3 heteroatoms. The van der Waals surface area contributed by atoms with E-state index in [4.69, 9.17) is 0 Å². The molecule has 1 aliphatic carbocycles. The van der Waals surface area contributed by atoms with Gasteiger partial charge in [0.05, 0.1) is 5.69 Å². The lowest BCUT2D eigenvalue weighted by Crippen LogP contribution is -2.17. The molecule has 3 nitrogen and oxygen atoms in total. The number of nitrogens with one attached hydrogen (secondary N) is 1. The maximum atomic E-state index is 4.61. The first-order chi connectivity index (χ1) is 8.08. The van der Waals surface area contributed by atoms with Crippen LogP contribution in [-0.4, -0.2) is 16.1 Å². The van der Waals surface area contributed by atoms with Crippen LogP contribution in [0.5, 0.6) is 0 Å². The highest BCUT2D eigenvalue weighted by molar-refractivity contribution is 5.30. The van der Waals surface area contributed by atoms with E-state index in [-0.39, 0.29) is 0 Å². The molecule has 0 amide bonds. The summed E-state index contributed by atoms with van der Waals surface area (Å²) in [6.07, 6.45) is 6.21. The highest BCUT2D eigenvalue weighted by Gasteiger charge is 2.26. The Morgan fingerprint density at radius 2 is 2.24 bits per heavy atom. The third-order valence-corrected chi connectivity index (χ3v) is 3.69. The van der Waals surface area contributed by atoms with E-state index in [1.54, 1.807) is 0 Å². The third-order valence-electron chi connectivity index (χ3n) is 3.69. The van der Waals surface area contributed by atoms with Crippen LogP contribution in [-0.2, 0) is 0 Å². The number of hydrogen-bond acceptors (Lipinski definition) is 2. The molecule has 1 heterocycles. The van der Waals surface area contributed by atoms with Crippen LogP contribution in [0.25, 0.3) is 0 Å². The molecule has 0 bridgehead atoms. The summed E-state index contributed by atoms with van der Waals surface area (Å²) >= 11 is 0. The van der Waals surface area contributed by atoms with Crippen molar-refractivity contribution in [1.29, 1.82) is 0 Å². The number of aryl methyl sites for hydroxylation is 1. The van der Waals surface area contributed by atoms with E-state index in [1.807, 2.05) is 0 Å². The minimum Gasteiger partial charge on any atom is -0.355 e. The number of hydrogen-bond donors (Lipinski definition) is 1.